The van der Waals surface area contributed by atoms with Crippen LogP contribution in [0.15, 0.2) is 30.0 Å². The third kappa shape index (κ3) is 4.10. The Bertz CT molecular complexity index is 1030. The number of nitriles is 1. The van der Waals surface area contributed by atoms with E-state index in [1.165, 1.54) is 6.08 Å². The number of nitrogens with zero attached hydrogens (tertiary/aromatic N) is 3. The molecule has 0 unspecified atom stereocenters. The molecule has 30 heavy (non-hydrogen) atoms. The molecular formula is C22H20F2N4O2. The summed E-state index contributed by atoms with van der Waals surface area (Å²) in [5, 5.41) is 11.7. The number of aromatic nitrogens is 1. The molecule has 3 heterocycles. The summed E-state index contributed by atoms with van der Waals surface area (Å²) in [5.41, 5.74) is 2.09. The molecule has 154 valence electrons. The number of carbonyl (C=O) groups excluding carboxylic acids is 1. The zero-order chi connectivity index (χ0) is 21.1. The van der Waals surface area contributed by atoms with E-state index in [0.717, 1.165) is 36.2 Å². The Morgan fingerprint density at radius 2 is 1.97 bits per heavy atom. The van der Waals surface area contributed by atoms with E-state index < -0.39 is 11.6 Å². The average molecular weight is 410 g/mol. The summed E-state index contributed by atoms with van der Waals surface area (Å²) in [4.78, 5) is 18.6. The number of likely N-dealkylation sites (tertiary alicyclic amines) is 1. The highest BCUT2D eigenvalue weighted by atomic mass is 19.1. The van der Waals surface area contributed by atoms with Gasteiger partial charge in [-0.1, -0.05) is 5.57 Å². The molecular weight excluding hydrogens is 390 g/mol. The minimum atomic E-state index is -0.762. The van der Waals surface area contributed by atoms with E-state index in [2.05, 4.69) is 10.3 Å². The van der Waals surface area contributed by atoms with Gasteiger partial charge < -0.3 is 15.0 Å². The van der Waals surface area contributed by atoms with Gasteiger partial charge in [-0.2, -0.15) is 5.26 Å². The van der Waals surface area contributed by atoms with Crippen LogP contribution in [0.1, 0.15) is 36.1 Å². The number of carbonyl (C=O) groups is 1. The first-order chi connectivity index (χ1) is 14.5. The first-order valence-electron chi connectivity index (χ1n) is 9.80. The Kier molecular flexibility index (Phi) is 5.61. The van der Waals surface area contributed by atoms with E-state index in [1.54, 1.807) is 23.2 Å². The van der Waals surface area contributed by atoms with Crippen LogP contribution in [-0.2, 0) is 6.42 Å². The van der Waals surface area contributed by atoms with Gasteiger partial charge in [0, 0.05) is 24.8 Å². The number of urea groups is 1. The fraction of sp³-hybridized carbons (Fsp3) is 0.318. The van der Waals surface area contributed by atoms with Crippen LogP contribution < -0.4 is 10.1 Å². The van der Waals surface area contributed by atoms with E-state index in [4.69, 9.17) is 10.00 Å². The molecule has 4 rings (SSSR count). The van der Waals surface area contributed by atoms with Gasteiger partial charge in [-0.15, -0.1) is 0 Å². The van der Waals surface area contributed by atoms with E-state index in [1.807, 2.05) is 0 Å². The number of anilines is 1. The van der Waals surface area contributed by atoms with E-state index in [9.17, 15) is 13.6 Å². The molecule has 2 aliphatic rings. The molecule has 6 nitrogen and oxygen atoms in total. The number of piperidine rings is 1. The molecule has 0 spiro atoms. The Hall–Kier alpha value is -3.47. The number of fused-ring (bicyclic) bond motifs is 1. The number of nitrogens with one attached hydrogen (secondary N) is 1. The van der Waals surface area contributed by atoms with Crippen LogP contribution >= 0.6 is 0 Å². The second kappa shape index (κ2) is 8.49. The summed E-state index contributed by atoms with van der Waals surface area (Å²) >= 11 is 0. The molecule has 1 N–H and O–H groups in total. The number of ether oxygens (including phenoxy) is 1. The molecule has 2 aromatic rings. The largest absolute Gasteiger partial charge is 0.489 e. The lowest BCUT2D eigenvalue weighted by molar-refractivity contribution is 0.207. The van der Waals surface area contributed by atoms with Gasteiger partial charge in [-0.3, -0.25) is 4.98 Å². The lowest BCUT2D eigenvalue weighted by atomic mass is 10.00. The minimum absolute atomic E-state index is 0.0547. The van der Waals surface area contributed by atoms with Crippen LogP contribution in [0.5, 0.6) is 5.75 Å². The zero-order valence-electron chi connectivity index (χ0n) is 16.3. The van der Waals surface area contributed by atoms with Crippen LogP contribution in [0, 0.1) is 23.0 Å². The van der Waals surface area contributed by atoms with Crippen LogP contribution in [0.2, 0.25) is 0 Å². The predicted octanol–water partition coefficient (Wildman–Crippen LogP) is 4.27. The van der Waals surface area contributed by atoms with Gasteiger partial charge in [-0.05, 0) is 50.0 Å². The number of aryl methyl sites for hydroxylation is 1. The number of pyridine rings is 1. The highest BCUT2D eigenvalue weighted by Crippen LogP contribution is 2.32. The summed E-state index contributed by atoms with van der Waals surface area (Å²) in [7, 11) is 0. The van der Waals surface area contributed by atoms with Crippen molar-refractivity contribution < 1.29 is 18.3 Å². The maximum Gasteiger partial charge on any atom is 0.321 e. The minimum Gasteiger partial charge on any atom is -0.489 e. The molecule has 0 saturated carbocycles. The lowest BCUT2D eigenvalue weighted by Gasteiger charge is -2.29. The van der Waals surface area contributed by atoms with E-state index in [0.29, 0.717) is 44.0 Å². The molecule has 1 saturated heterocycles. The third-order valence-corrected chi connectivity index (χ3v) is 5.27. The van der Waals surface area contributed by atoms with Gasteiger partial charge in [0.05, 0.1) is 29.6 Å². The Morgan fingerprint density at radius 1 is 1.23 bits per heavy atom. The summed E-state index contributed by atoms with van der Waals surface area (Å²) in [6, 6.07) is 5.25. The van der Waals surface area contributed by atoms with Gasteiger partial charge in [0.15, 0.2) is 5.75 Å². The normalized spacial score (nSPS) is 15.6. The maximum absolute atomic E-state index is 14.1. The van der Waals surface area contributed by atoms with Crippen molar-refractivity contribution in [2.45, 2.75) is 25.7 Å². The van der Waals surface area contributed by atoms with Crippen molar-refractivity contribution >= 4 is 17.8 Å². The van der Waals surface area contributed by atoms with E-state index >= 15 is 0 Å². The predicted molar refractivity (Wildman–Crippen MR) is 107 cm³/mol. The second-order valence-electron chi connectivity index (χ2n) is 7.27. The van der Waals surface area contributed by atoms with E-state index in [-0.39, 0.29) is 17.2 Å². The molecule has 0 aliphatic carbocycles. The molecule has 0 atom stereocenters. The summed E-state index contributed by atoms with van der Waals surface area (Å²) in [5.74, 6) is -0.898. The number of amides is 2. The topological polar surface area (TPSA) is 78.3 Å². The molecule has 1 aromatic carbocycles. The standard InChI is InChI=1S/C22H20F2N4O2/c23-17-11-15(13-25)12-18(24)16(17)10-14-4-7-28(8-5-14)22(29)27-20-3-6-26-19-2-1-9-30-21(19)20/h3,6,10-12H,1-2,4-5,7-9H2,(H,26,27,29). The molecule has 2 amide bonds. The first kappa shape index (κ1) is 19.8. The quantitative estimate of drug-likeness (QED) is 0.802. The molecule has 1 fully saturated rings. The fourth-order valence-electron chi connectivity index (χ4n) is 3.67. The summed E-state index contributed by atoms with van der Waals surface area (Å²) in [6.07, 6.45) is 5.88. The zero-order valence-corrected chi connectivity index (χ0v) is 16.3. The van der Waals surface area contributed by atoms with Crippen molar-refractivity contribution in [3.63, 3.8) is 0 Å². The third-order valence-electron chi connectivity index (χ3n) is 5.27. The smallest absolute Gasteiger partial charge is 0.321 e. The molecule has 1 aromatic heterocycles. The van der Waals surface area contributed by atoms with Crippen molar-refractivity contribution in [2.24, 2.45) is 0 Å². The maximum atomic E-state index is 14.1. The van der Waals surface area contributed by atoms with Crippen LogP contribution in [0.3, 0.4) is 0 Å². The highest BCUT2D eigenvalue weighted by molar-refractivity contribution is 5.91. The van der Waals surface area contributed by atoms with Gasteiger partial charge in [-0.25, -0.2) is 13.6 Å². The second-order valence-corrected chi connectivity index (χ2v) is 7.27. The number of hydrogen-bond acceptors (Lipinski definition) is 4. The van der Waals surface area contributed by atoms with Crippen LogP contribution in [0.25, 0.3) is 6.08 Å². The molecule has 0 radical (unpaired) electrons. The van der Waals surface area contributed by atoms with Crippen molar-refractivity contribution in [3.05, 3.63) is 58.4 Å². The Balaban J connectivity index is 1.41. The van der Waals surface area contributed by atoms with Gasteiger partial charge in [0.1, 0.15) is 11.6 Å². The van der Waals surface area contributed by atoms with Gasteiger partial charge in [0.25, 0.3) is 0 Å². The average Bonchev–Trinajstić information content (AvgIpc) is 2.76. The summed E-state index contributed by atoms with van der Waals surface area (Å²) < 4.78 is 33.9. The molecule has 8 heteroatoms. The number of rotatable bonds is 2. The van der Waals surface area contributed by atoms with Crippen molar-refractivity contribution in [3.8, 4) is 11.8 Å². The highest BCUT2D eigenvalue weighted by Gasteiger charge is 2.23. The van der Waals surface area contributed by atoms with Gasteiger partial charge >= 0.3 is 6.03 Å². The fourth-order valence-corrected chi connectivity index (χ4v) is 3.67. The van der Waals surface area contributed by atoms with Crippen molar-refractivity contribution in [1.29, 1.82) is 5.26 Å². The monoisotopic (exact) mass is 410 g/mol. The Morgan fingerprint density at radius 3 is 2.67 bits per heavy atom. The lowest BCUT2D eigenvalue weighted by Crippen LogP contribution is -2.39. The number of halogens is 2. The SMILES string of the molecule is N#Cc1cc(F)c(C=C2CCN(C(=O)Nc3ccnc4c3OCCC4)CC2)c(F)c1. The van der Waals surface area contributed by atoms with Crippen LogP contribution in [0.4, 0.5) is 19.3 Å². The van der Waals surface area contributed by atoms with Crippen LogP contribution in [-0.4, -0.2) is 35.6 Å². The van der Waals surface area contributed by atoms with Crippen molar-refractivity contribution in [1.82, 2.24) is 9.88 Å². The van der Waals surface area contributed by atoms with Gasteiger partial charge in [0.2, 0.25) is 0 Å². The Labute approximate surface area is 172 Å². The number of hydrogen-bond donors (Lipinski definition) is 1. The molecule has 2 aliphatic heterocycles. The summed E-state index contributed by atoms with van der Waals surface area (Å²) in [6.45, 7) is 1.47. The molecule has 0 bridgehead atoms. The van der Waals surface area contributed by atoms with Crippen molar-refractivity contribution in [2.75, 3.05) is 25.0 Å². The first-order valence-corrected chi connectivity index (χ1v) is 9.80. The number of benzene rings is 1.